The van der Waals surface area contributed by atoms with Crippen molar-refractivity contribution in [1.82, 2.24) is 9.78 Å². The molecule has 72 valence electrons. The lowest BCUT2D eigenvalue weighted by atomic mass is 10.1. The number of halogens is 2. The third-order valence-electron chi connectivity index (χ3n) is 2.02. The maximum Gasteiger partial charge on any atom is 0.132 e. The van der Waals surface area contributed by atoms with Crippen LogP contribution in [0.5, 0.6) is 0 Å². The van der Waals surface area contributed by atoms with Crippen LogP contribution in [0.25, 0.3) is 11.3 Å². The number of rotatable bonds is 1. The van der Waals surface area contributed by atoms with Crippen LogP contribution < -0.4 is 0 Å². The average Bonchev–Trinajstić information content (AvgIpc) is 2.48. The highest BCUT2D eigenvalue weighted by molar-refractivity contribution is 14.1. The van der Waals surface area contributed by atoms with E-state index >= 15 is 0 Å². The van der Waals surface area contributed by atoms with E-state index in [1.807, 2.05) is 13.1 Å². The fraction of sp³-hybridized carbons (Fsp3) is 0.100. The summed E-state index contributed by atoms with van der Waals surface area (Å²) in [6, 6.07) is 6.72. The molecule has 4 heteroatoms. The molecule has 1 aromatic carbocycles. The van der Waals surface area contributed by atoms with Gasteiger partial charge >= 0.3 is 0 Å². The first-order valence-electron chi connectivity index (χ1n) is 4.12. The van der Waals surface area contributed by atoms with Crippen molar-refractivity contribution in [3.63, 3.8) is 0 Å². The smallest absolute Gasteiger partial charge is 0.132 e. The Hall–Kier alpha value is -0.910. The van der Waals surface area contributed by atoms with Gasteiger partial charge in [-0.2, -0.15) is 5.10 Å². The first-order valence-corrected chi connectivity index (χ1v) is 5.20. The molecule has 2 aromatic rings. The maximum atomic E-state index is 13.5. The van der Waals surface area contributed by atoms with Crippen LogP contribution in [0.3, 0.4) is 0 Å². The Kier molecular flexibility index (Phi) is 2.54. The Balaban J connectivity index is 2.66. The minimum absolute atomic E-state index is 0.214. The fourth-order valence-corrected chi connectivity index (χ4v) is 2.13. The lowest BCUT2D eigenvalue weighted by Gasteiger charge is -2.03. The molecular formula is C10H8FIN2. The number of hydrogen-bond donors (Lipinski definition) is 0. The molecule has 0 radical (unpaired) electrons. The van der Waals surface area contributed by atoms with Gasteiger partial charge in [0.25, 0.3) is 0 Å². The molecule has 0 unspecified atom stereocenters. The zero-order valence-electron chi connectivity index (χ0n) is 7.54. The standard InChI is InChI=1S/C10H8FIN2/c1-14-10(9(12)6-13-14)7-4-2-3-5-8(7)11/h2-6H,1H3. The summed E-state index contributed by atoms with van der Waals surface area (Å²) in [4.78, 5) is 0. The molecule has 0 saturated heterocycles. The molecule has 2 rings (SSSR count). The van der Waals surface area contributed by atoms with Crippen LogP contribution in [-0.4, -0.2) is 9.78 Å². The van der Waals surface area contributed by atoms with Crippen LogP contribution in [0.4, 0.5) is 4.39 Å². The van der Waals surface area contributed by atoms with Crippen LogP contribution in [-0.2, 0) is 7.05 Å². The largest absolute Gasteiger partial charge is 0.267 e. The van der Waals surface area contributed by atoms with Gasteiger partial charge in [-0.05, 0) is 34.7 Å². The van der Waals surface area contributed by atoms with E-state index in [0.29, 0.717) is 5.56 Å². The van der Waals surface area contributed by atoms with E-state index in [0.717, 1.165) is 9.26 Å². The van der Waals surface area contributed by atoms with Crippen molar-refractivity contribution in [3.05, 3.63) is 39.8 Å². The third-order valence-corrected chi connectivity index (χ3v) is 2.81. The molecule has 0 aliphatic heterocycles. The van der Waals surface area contributed by atoms with Crippen LogP contribution in [0.2, 0.25) is 0 Å². The summed E-state index contributed by atoms with van der Waals surface area (Å²) >= 11 is 2.15. The summed E-state index contributed by atoms with van der Waals surface area (Å²) in [6.07, 6.45) is 1.72. The molecule has 0 amide bonds. The van der Waals surface area contributed by atoms with E-state index in [2.05, 4.69) is 27.7 Å². The lowest BCUT2D eigenvalue weighted by Crippen LogP contribution is -1.96. The Labute approximate surface area is 94.9 Å². The van der Waals surface area contributed by atoms with Gasteiger partial charge in [-0.3, -0.25) is 4.68 Å². The lowest BCUT2D eigenvalue weighted by molar-refractivity contribution is 0.628. The normalized spacial score (nSPS) is 10.5. The monoisotopic (exact) mass is 302 g/mol. The van der Waals surface area contributed by atoms with E-state index < -0.39 is 0 Å². The fourth-order valence-electron chi connectivity index (χ4n) is 1.37. The number of aromatic nitrogens is 2. The van der Waals surface area contributed by atoms with E-state index in [1.54, 1.807) is 23.0 Å². The molecule has 0 N–H and O–H groups in total. The van der Waals surface area contributed by atoms with Gasteiger partial charge in [-0.1, -0.05) is 12.1 Å². The molecule has 0 aliphatic rings. The SMILES string of the molecule is Cn1ncc(I)c1-c1ccccc1F. The van der Waals surface area contributed by atoms with Crippen molar-refractivity contribution in [1.29, 1.82) is 0 Å². The Morgan fingerprint density at radius 1 is 1.36 bits per heavy atom. The number of nitrogens with zero attached hydrogens (tertiary/aromatic N) is 2. The second kappa shape index (κ2) is 3.68. The van der Waals surface area contributed by atoms with E-state index in [9.17, 15) is 4.39 Å². The summed E-state index contributed by atoms with van der Waals surface area (Å²) in [6.45, 7) is 0. The average molecular weight is 302 g/mol. The minimum Gasteiger partial charge on any atom is -0.267 e. The Bertz CT molecular complexity index is 445. The van der Waals surface area contributed by atoms with Crippen molar-refractivity contribution < 1.29 is 4.39 Å². The zero-order valence-corrected chi connectivity index (χ0v) is 9.69. The third kappa shape index (κ3) is 1.54. The van der Waals surface area contributed by atoms with Gasteiger partial charge in [-0.25, -0.2) is 4.39 Å². The molecule has 0 atom stereocenters. The van der Waals surface area contributed by atoms with Gasteiger partial charge < -0.3 is 0 Å². The second-order valence-corrected chi connectivity index (χ2v) is 4.11. The number of hydrogen-bond acceptors (Lipinski definition) is 1. The molecule has 2 nitrogen and oxygen atoms in total. The van der Waals surface area contributed by atoms with Crippen LogP contribution in [0, 0.1) is 9.39 Å². The van der Waals surface area contributed by atoms with Crippen molar-refractivity contribution >= 4 is 22.6 Å². The second-order valence-electron chi connectivity index (χ2n) is 2.94. The molecule has 0 bridgehead atoms. The van der Waals surface area contributed by atoms with Crippen LogP contribution in [0.1, 0.15) is 0 Å². The maximum absolute atomic E-state index is 13.5. The first-order chi connectivity index (χ1) is 6.70. The van der Waals surface area contributed by atoms with Gasteiger partial charge in [0.2, 0.25) is 0 Å². The van der Waals surface area contributed by atoms with Crippen LogP contribution in [0.15, 0.2) is 30.5 Å². The van der Waals surface area contributed by atoms with Crippen molar-refractivity contribution in [3.8, 4) is 11.3 Å². The van der Waals surface area contributed by atoms with Gasteiger partial charge in [0.05, 0.1) is 15.5 Å². The summed E-state index contributed by atoms with van der Waals surface area (Å²) < 4.78 is 16.1. The molecule has 1 heterocycles. The molecule has 1 aromatic heterocycles. The Morgan fingerprint density at radius 2 is 2.07 bits per heavy atom. The zero-order chi connectivity index (χ0) is 10.1. The quantitative estimate of drug-likeness (QED) is 0.741. The molecule has 0 spiro atoms. The molecular weight excluding hydrogens is 294 g/mol. The molecule has 14 heavy (non-hydrogen) atoms. The first kappa shape index (κ1) is 9.64. The Morgan fingerprint density at radius 3 is 2.64 bits per heavy atom. The van der Waals surface area contributed by atoms with Crippen molar-refractivity contribution in [2.24, 2.45) is 7.05 Å². The van der Waals surface area contributed by atoms with Crippen molar-refractivity contribution in [2.45, 2.75) is 0 Å². The number of aryl methyl sites for hydroxylation is 1. The molecule has 0 aliphatic carbocycles. The minimum atomic E-state index is -0.214. The summed E-state index contributed by atoms with van der Waals surface area (Å²) in [5, 5.41) is 4.08. The predicted molar refractivity (Wildman–Crippen MR) is 61.3 cm³/mol. The topological polar surface area (TPSA) is 17.8 Å². The van der Waals surface area contributed by atoms with Gasteiger partial charge in [0, 0.05) is 12.6 Å². The van der Waals surface area contributed by atoms with E-state index in [-0.39, 0.29) is 5.82 Å². The van der Waals surface area contributed by atoms with Gasteiger partial charge in [0.1, 0.15) is 5.82 Å². The molecule has 0 saturated carbocycles. The summed E-state index contributed by atoms with van der Waals surface area (Å²) in [5.41, 5.74) is 1.42. The van der Waals surface area contributed by atoms with E-state index in [4.69, 9.17) is 0 Å². The van der Waals surface area contributed by atoms with Gasteiger partial charge in [0.15, 0.2) is 0 Å². The highest BCUT2D eigenvalue weighted by Gasteiger charge is 2.11. The summed E-state index contributed by atoms with van der Waals surface area (Å²) in [7, 11) is 1.81. The van der Waals surface area contributed by atoms with Crippen molar-refractivity contribution in [2.75, 3.05) is 0 Å². The summed E-state index contributed by atoms with van der Waals surface area (Å²) in [5.74, 6) is -0.214. The van der Waals surface area contributed by atoms with Gasteiger partial charge in [-0.15, -0.1) is 0 Å². The highest BCUT2D eigenvalue weighted by Crippen LogP contribution is 2.26. The van der Waals surface area contributed by atoms with E-state index in [1.165, 1.54) is 6.07 Å². The highest BCUT2D eigenvalue weighted by atomic mass is 127. The number of benzene rings is 1. The molecule has 0 fully saturated rings. The predicted octanol–water partition coefficient (Wildman–Crippen LogP) is 2.83. The van der Waals surface area contributed by atoms with Crippen LogP contribution >= 0.6 is 22.6 Å².